The number of fused-ring (bicyclic) bond motifs is 1. The van der Waals surface area contributed by atoms with Crippen LogP contribution in [0, 0.1) is 0 Å². The third-order valence-corrected chi connectivity index (χ3v) is 5.65. The molecule has 0 aromatic carbocycles. The van der Waals surface area contributed by atoms with Gasteiger partial charge in [0.1, 0.15) is 5.82 Å². The lowest BCUT2D eigenvalue weighted by Gasteiger charge is -2.25. The summed E-state index contributed by atoms with van der Waals surface area (Å²) in [4.78, 5) is 9.12. The van der Waals surface area contributed by atoms with Gasteiger partial charge in [-0.2, -0.15) is 10.1 Å². The largest absolute Gasteiger partial charge is 0.382 e. The lowest BCUT2D eigenvalue weighted by molar-refractivity contribution is 0.397. The molecule has 1 aliphatic carbocycles. The van der Waals surface area contributed by atoms with Crippen molar-refractivity contribution in [2.24, 2.45) is 12.8 Å². The molecular weight excluding hydrogens is 322 g/mol. The molecule has 24 heavy (non-hydrogen) atoms. The van der Waals surface area contributed by atoms with E-state index in [4.69, 9.17) is 16.5 Å². The maximum atomic E-state index is 6.16. The molecular formula is C16H21N7S. The van der Waals surface area contributed by atoms with Crippen LogP contribution in [0.5, 0.6) is 0 Å². The molecule has 0 unspecified atom stereocenters. The highest BCUT2D eigenvalue weighted by molar-refractivity contribution is 7.18. The van der Waals surface area contributed by atoms with Crippen LogP contribution in [0.15, 0.2) is 17.8 Å². The van der Waals surface area contributed by atoms with Gasteiger partial charge in [-0.1, -0.05) is 0 Å². The van der Waals surface area contributed by atoms with Crippen molar-refractivity contribution in [1.29, 1.82) is 0 Å². The number of anilines is 3. The average Bonchev–Trinajstić information content (AvgIpc) is 3.15. The zero-order valence-corrected chi connectivity index (χ0v) is 14.4. The van der Waals surface area contributed by atoms with Crippen LogP contribution in [0.2, 0.25) is 0 Å². The maximum Gasteiger partial charge on any atom is 0.229 e. The van der Waals surface area contributed by atoms with E-state index in [2.05, 4.69) is 20.8 Å². The first-order valence-electron chi connectivity index (χ1n) is 8.16. The van der Waals surface area contributed by atoms with E-state index in [1.165, 1.54) is 5.56 Å². The molecule has 0 bridgehead atoms. The predicted molar refractivity (Wildman–Crippen MR) is 97.5 cm³/mol. The minimum atomic E-state index is 0.341. The van der Waals surface area contributed by atoms with Gasteiger partial charge in [0.05, 0.1) is 22.1 Å². The molecule has 8 heteroatoms. The first-order valence-corrected chi connectivity index (χ1v) is 9.04. The molecule has 3 aromatic rings. The van der Waals surface area contributed by atoms with Crippen LogP contribution in [-0.2, 0) is 7.05 Å². The number of nitrogens with one attached hydrogen (secondary N) is 1. The van der Waals surface area contributed by atoms with Crippen molar-refractivity contribution in [2.75, 3.05) is 11.1 Å². The minimum absolute atomic E-state index is 0.341. The van der Waals surface area contributed by atoms with Crippen LogP contribution in [0.25, 0.3) is 10.2 Å². The zero-order valence-electron chi connectivity index (χ0n) is 13.6. The normalized spacial score (nSPS) is 21.2. The Morgan fingerprint density at radius 1 is 1.25 bits per heavy atom. The summed E-state index contributed by atoms with van der Waals surface area (Å²) in [5.41, 5.74) is 15.3. The molecule has 1 fully saturated rings. The fourth-order valence-corrected chi connectivity index (χ4v) is 4.34. The standard InChI is InChI=1S/C16H21N7S/c1-23-7-11(6-19-23)20-16-21-13-12(8-24-14(13)15(18)22-16)9-2-4-10(17)5-3-9/h6-10H,2-5,17H2,1H3,(H3,18,20,21,22)/t9-,10+. The Morgan fingerprint density at radius 2 is 2.04 bits per heavy atom. The Bertz CT molecular complexity index is 861. The van der Waals surface area contributed by atoms with Crippen molar-refractivity contribution in [3.05, 3.63) is 23.3 Å². The summed E-state index contributed by atoms with van der Waals surface area (Å²) in [5.74, 6) is 1.55. The lowest BCUT2D eigenvalue weighted by atomic mass is 9.83. The number of hydrogen-bond acceptors (Lipinski definition) is 7. The van der Waals surface area contributed by atoms with E-state index in [1.54, 1.807) is 22.2 Å². The molecule has 1 saturated carbocycles. The second-order valence-electron chi connectivity index (χ2n) is 6.44. The van der Waals surface area contributed by atoms with Gasteiger partial charge < -0.3 is 16.8 Å². The van der Waals surface area contributed by atoms with Crippen LogP contribution in [0.1, 0.15) is 37.2 Å². The first kappa shape index (κ1) is 15.3. The number of thiophene rings is 1. The topological polar surface area (TPSA) is 108 Å². The number of hydrogen-bond donors (Lipinski definition) is 3. The molecule has 1 aliphatic rings. The van der Waals surface area contributed by atoms with E-state index >= 15 is 0 Å². The Hall–Kier alpha value is -2.19. The smallest absolute Gasteiger partial charge is 0.229 e. The van der Waals surface area contributed by atoms with Gasteiger partial charge in [-0.25, -0.2) is 4.98 Å². The number of aryl methyl sites for hydroxylation is 1. The predicted octanol–water partition coefficient (Wildman–Crippen LogP) is 2.74. The molecule has 0 aliphatic heterocycles. The average molecular weight is 343 g/mol. The van der Waals surface area contributed by atoms with Gasteiger partial charge in [-0.15, -0.1) is 11.3 Å². The quantitative estimate of drug-likeness (QED) is 0.675. The van der Waals surface area contributed by atoms with Gasteiger partial charge in [0.15, 0.2) is 0 Å². The number of rotatable bonds is 3. The molecule has 5 N–H and O–H groups in total. The Morgan fingerprint density at radius 3 is 2.75 bits per heavy atom. The number of nitrogens with zero attached hydrogens (tertiary/aromatic N) is 4. The molecule has 0 amide bonds. The first-order chi connectivity index (χ1) is 11.6. The summed E-state index contributed by atoms with van der Waals surface area (Å²) in [7, 11) is 1.87. The van der Waals surface area contributed by atoms with Crippen molar-refractivity contribution >= 4 is 39.0 Å². The van der Waals surface area contributed by atoms with Gasteiger partial charge in [-0.05, 0) is 42.5 Å². The van der Waals surface area contributed by atoms with Crippen molar-refractivity contribution in [3.63, 3.8) is 0 Å². The molecule has 126 valence electrons. The highest BCUT2D eigenvalue weighted by Crippen LogP contribution is 2.40. The Balaban J connectivity index is 1.69. The summed E-state index contributed by atoms with van der Waals surface area (Å²) in [5, 5.41) is 9.51. The fourth-order valence-electron chi connectivity index (χ4n) is 3.35. The van der Waals surface area contributed by atoms with E-state index in [1.807, 2.05) is 13.2 Å². The summed E-state index contributed by atoms with van der Waals surface area (Å²) in [6.07, 6.45) is 7.99. The van der Waals surface area contributed by atoms with E-state index in [9.17, 15) is 0 Å². The Labute approximate surface area is 144 Å². The van der Waals surface area contributed by atoms with Gasteiger partial charge >= 0.3 is 0 Å². The second kappa shape index (κ2) is 6.03. The van der Waals surface area contributed by atoms with E-state index in [0.29, 0.717) is 23.7 Å². The second-order valence-corrected chi connectivity index (χ2v) is 7.32. The summed E-state index contributed by atoms with van der Waals surface area (Å²) in [6.45, 7) is 0. The van der Waals surface area contributed by atoms with E-state index < -0.39 is 0 Å². The molecule has 0 atom stereocenters. The van der Waals surface area contributed by atoms with Gasteiger partial charge in [-0.3, -0.25) is 4.68 Å². The summed E-state index contributed by atoms with van der Waals surface area (Å²) >= 11 is 1.63. The third-order valence-electron chi connectivity index (χ3n) is 4.64. The summed E-state index contributed by atoms with van der Waals surface area (Å²) in [6, 6.07) is 0.341. The molecule has 3 heterocycles. The minimum Gasteiger partial charge on any atom is -0.382 e. The summed E-state index contributed by atoms with van der Waals surface area (Å²) < 4.78 is 2.70. The zero-order chi connectivity index (χ0) is 16.7. The van der Waals surface area contributed by atoms with Crippen LogP contribution >= 0.6 is 11.3 Å². The number of nitrogens with two attached hydrogens (primary N) is 2. The molecule has 0 radical (unpaired) electrons. The van der Waals surface area contributed by atoms with Crippen LogP contribution in [0.4, 0.5) is 17.5 Å². The van der Waals surface area contributed by atoms with Crippen LogP contribution in [0.3, 0.4) is 0 Å². The van der Waals surface area contributed by atoms with Crippen LogP contribution in [-0.4, -0.2) is 25.8 Å². The molecule has 4 rings (SSSR count). The van der Waals surface area contributed by atoms with Gasteiger partial charge in [0, 0.05) is 19.3 Å². The fraction of sp³-hybridized carbons (Fsp3) is 0.438. The van der Waals surface area contributed by atoms with Gasteiger partial charge in [0.25, 0.3) is 0 Å². The van der Waals surface area contributed by atoms with Crippen molar-refractivity contribution in [1.82, 2.24) is 19.7 Å². The number of nitrogen functional groups attached to an aromatic ring is 1. The molecule has 0 spiro atoms. The molecule has 3 aromatic heterocycles. The lowest BCUT2D eigenvalue weighted by Crippen LogP contribution is -2.25. The Kier molecular flexibility index (Phi) is 3.85. The monoisotopic (exact) mass is 343 g/mol. The maximum absolute atomic E-state index is 6.16. The number of aromatic nitrogens is 4. The van der Waals surface area contributed by atoms with Crippen molar-refractivity contribution < 1.29 is 0 Å². The molecule has 0 saturated heterocycles. The van der Waals surface area contributed by atoms with Crippen molar-refractivity contribution in [2.45, 2.75) is 37.6 Å². The highest BCUT2D eigenvalue weighted by atomic mass is 32.1. The van der Waals surface area contributed by atoms with E-state index in [0.717, 1.165) is 41.6 Å². The molecule has 7 nitrogen and oxygen atoms in total. The van der Waals surface area contributed by atoms with Crippen LogP contribution < -0.4 is 16.8 Å². The van der Waals surface area contributed by atoms with Crippen molar-refractivity contribution in [3.8, 4) is 0 Å². The third kappa shape index (κ3) is 2.83. The SMILES string of the molecule is Cn1cc(Nc2nc(N)c3scc([C@H]4CC[C@@H](N)CC4)c3n2)cn1. The van der Waals surface area contributed by atoms with E-state index in [-0.39, 0.29) is 0 Å². The van der Waals surface area contributed by atoms with Gasteiger partial charge in [0.2, 0.25) is 5.95 Å². The highest BCUT2D eigenvalue weighted by Gasteiger charge is 2.24.